The maximum Gasteiger partial charge on any atom is 0.337 e. The molecule has 0 atom stereocenters. The summed E-state index contributed by atoms with van der Waals surface area (Å²) in [6.45, 7) is 4.07. The van der Waals surface area contributed by atoms with E-state index >= 15 is 0 Å². The Hall–Kier alpha value is -0.370. The molecule has 0 spiro atoms. The number of phenols is 1. The number of rotatable bonds is 3. The van der Waals surface area contributed by atoms with Crippen LogP contribution in [0, 0.1) is 0 Å². The number of carboxylic acid groups (broad SMARTS) is 1. The molecule has 0 amide bonds. The summed E-state index contributed by atoms with van der Waals surface area (Å²) < 4.78 is 2.21. The molecule has 7 heteroatoms. The van der Waals surface area contributed by atoms with Crippen LogP contribution in [0.5, 0.6) is 5.75 Å². The lowest BCUT2D eigenvalue weighted by Gasteiger charge is -2.28. The number of hydrogen-bond donors (Lipinski definition) is 2. The van der Waals surface area contributed by atoms with Crippen LogP contribution in [0.2, 0.25) is 0 Å². The fourth-order valence-electron chi connectivity index (χ4n) is 2.23. The van der Waals surface area contributed by atoms with Gasteiger partial charge in [-0.05, 0) is 99.1 Å². The topological polar surface area (TPSA) is 57.5 Å². The Labute approximate surface area is 167 Å². The van der Waals surface area contributed by atoms with Crippen LogP contribution in [-0.4, -0.2) is 16.2 Å². The zero-order valence-corrected chi connectivity index (χ0v) is 18.5. The predicted molar refractivity (Wildman–Crippen MR) is 104 cm³/mol. The molecule has 0 bridgehead atoms. The maximum absolute atomic E-state index is 11.3. The molecule has 2 aromatic carbocycles. The summed E-state index contributed by atoms with van der Waals surface area (Å²) in [4.78, 5) is 11.3. The van der Waals surface area contributed by atoms with Gasteiger partial charge in [0, 0.05) is 14.4 Å². The molecule has 0 heterocycles. The molecule has 0 aromatic heterocycles. The zero-order valence-electron chi connectivity index (χ0n) is 12.1. The summed E-state index contributed by atoms with van der Waals surface area (Å²) in [5.74, 6) is -0.851. The first kappa shape index (κ1) is 19.0. The second-order valence-corrected chi connectivity index (χ2v) is 8.95. The third-order valence-corrected chi connectivity index (χ3v) is 6.18. The van der Waals surface area contributed by atoms with E-state index in [2.05, 4.69) is 63.7 Å². The van der Waals surface area contributed by atoms with Crippen LogP contribution in [0.4, 0.5) is 0 Å². The third-order valence-electron chi connectivity index (χ3n) is 3.72. The van der Waals surface area contributed by atoms with Gasteiger partial charge in [-0.1, -0.05) is 13.8 Å². The van der Waals surface area contributed by atoms with Crippen molar-refractivity contribution in [3.8, 4) is 5.75 Å². The van der Waals surface area contributed by atoms with Gasteiger partial charge in [0.2, 0.25) is 0 Å². The largest absolute Gasteiger partial charge is 0.506 e. The molecule has 3 nitrogen and oxygen atoms in total. The van der Waals surface area contributed by atoms with Crippen molar-refractivity contribution in [2.24, 2.45) is 0 Å². The first-order chi connectivity index (χ1) is 10.6. The number of phenolic OH excluding ortho intramolecular Hbond substituents is 1. The smallest absolute Gasteiger partial charge is 0.337 e. The highest BCUT2D eigenvalue weighted by Gasteiger charge is 2.27. The molecular formula is C16H12Br4O3. The molecule has 0 aliphatic heterocycles. The van der Waals surface area contributed by atoms with Crippen LogP contribution in [0.3, 0.4) is 0 Å². The van der Waals surface area contributed by atoms with Crippen LogP contribution in [0.15, 0.2) is 42.2 Å². The van der Waals surface area contributed by atoms with Crippen LogP contribution in [0.1, 0.15) is 35.3 Å². The maximum atomic E-state index is 11.3. The number of hydrogen-bond acceptors (Lipinski definition) is 2. The average molecular weight is 572 g/mol. The number of halogens is 4. The minimum Gasteiger partial charge on any atom is -0.506 e. The molecule has 0 aliphatic carbocycles. The summed E-state index contributed by atoms with van der Waals surface area (Å²) in [6, 6.07) is 7.33. The van der Waals surface area contributed by atoms with Crippen LogP contribution < -0.4 is 0 Å². The van der Waals surface area contributed by atoms with Gasteiger partial charge < -0.3 is 10.2 Å². The minimum absolute atomic E-state index is 0.146. The minimum atomic E-state index is -0.997. The summed E-state index contributed by atoms with van der Waals surface area (Å²) in [7, 11) is 0. The Morgan fingerprint density at radius 1 is 0.870 bits per heavy atom. The van der Waals surface area contributed by atoms with Crippen molar-refractivity contribution < 1.29 is 15.0 Å². The van der Waals surface area contributed by atoms with E-state index in [1.807, 2.05) is 38.1 Å². The molecular weight excluding hydrogens is 560 g/mol. The van der Waals surface area contributed by atoms with Crippen molar-refractivity contribution in [2.45, 2.75) is 19.3 Å². The van der Waals surface area contributed by atoms with Gasteiger partial charge >= 0.3 is 5.97 Å². The van der Waals surface area contributed by atoms with Gasteiger partial charge in [-0.2, -0.15) is 0 Å². The molecule has 0 aliphatic rings. The van der Waals surface area contributed by atoms with Crippen LogP contribution in [-0.2, 0) is 5.41 Å². The zero-order chi connectivity index (χ0) is 17.5. The van der Waals surface area contributed by atoms with Gasteiger partial charge in [0.25, 0.3) is 0 Å². The first-order valence-corrected chi connectivity index (χ1v) is 9.64. The highest BCUT2D eigenvalue weighted by atomic mass is 79.9. The molecule has 0 unspecified atom stereocenters. The first-order valence-electron chi connectivity index (χ1n) is 6.47. The molecule has 122 valence electrons. The predicted octanol–water partition coefficient (Wildman–Crippen LogP) is 6.47. The van der Waals surface area contributed by atoms with Crippen LogP contribution >= 0.6 is 63.7 Å². The van der Waals surface area contributed by atoms with E-state index in [-0.39, 0.29) is 11.3 Å². The second-order valence-electron chi connectivity index (χ2n) is 5.53. The second kappa shape index (κ2) is 6.86. The average Bonchev–Trinajstić information content (AvgIpc) is 2.42. The van der Waals surface area contributed by atoms with Gasteiger partial charge in [-0.15, -0.1) is 0 Å². The van der Waals surface area contributed by atoms with Gasteiger partial charge in [0.05, 0.1) is 14.5 Å². The van der Waals surface area contributed by atoms with E-state index in [1.54, 1.807) is 0 Å². The Kier molecular flexibility index (Phi) is 5.66. The lowest BCUT2D eigenvalue weighted by atomic mass is 9.78. The Balaban J connectivity index is 2.63. The number of benzene rings is 2. The van der Waals surface area contributed by atoms with E-state index < -0.39 is 11.4 Å². The number of aromatic carboxylic acids is 1. The summed E-state index contributed by atoms with van der Waals surface area (Å²) in [5, 5.41) is 19.1. The van der Waals surface area contributed by atoms with Crippen molar-refractivity contribution in [3.63, 3.8) is 0 Å². The number of aromatic hydroxyl groups is 1. The van der Waals surface area contributed by atoms with Gasteiger partial charge in [0.1, 0.15) is 5.75 Å². The van der Waals surface area contributed by atoms with Crippen molar-refractivity contribution in [1.82, 2.24) is 0 Å². The molecule has 0 saturated heterocycles. The fraction of sp³-hybridized carbons (Fsp3) is 0.188. The molecule has 2 N–H and O–H groups in total. The SMILES string of the molecule is CC(C)(c1cc(Br)c(O)c(Br)c1)c1cc(Br)c(C(=O)O)c(Br)c1. The molecule has 0 saturated carbocycles. The Morgan fingerprint density at radius 3 is 1.57 bits per heavy atom. The number of carbonyl (C=O) groups is 1. The summed E-state index contributed by atoms with van der Waals surface area (Å²) in [5.41, 5.74) is 1.69. The van der Waals surface area contributed by atoms with Crippen molar-refractivity contribution in [2.75, 3.05) is 0 Å². The quantitative estimate of drug-likeness (QED) is 0.444. The lowest BCUT2D eigenvalue weighted by molar-refractivity contribution is 0.0695. The molecule has 2 rings (SSSR count). The van der Waals surface area contributed by atoms with Gasteiger partial charge in [-0.25, -0.2) is 4.79 Å². The standard InChI is InChI=1S/C16H12Br4O3/c1-16(2,8-5-11(19)14(21)12(20)6-8)7-3-9(17)13(15(22)23)10(18)4-7/h3-6,21H,1-2H3,(H,22,23). The Morgan fingerprint density at radius 2 is 1.22 bits per heavy atom. The van der Waals surface area contributed by atoms with E-state index in [1.165, 1.54) is 0 Å². The lowest BCUT2D eigenvalue weighted by Crippen LogP contribution is -2.19. The van der Waals surface area contributed by atoms with Crippen molar-refractivity contribution >= 4 is 69.7 Å². The highest BCUT2D eigenvalue weighted by molar-refractivity contribution is 9.11. The molecule has 0 radical (unpaired) electrons. The highest BCUT2D eigenvalue weighted by Crippen LogP contribution is 2.41. The fourth-order valence-corrected chi connectivity index (χ4v) is 4.94. The third kappa shape index (κ3) is 3.67. The van der Waals surface area contributed by atoms with E-state index in [0.29, 0.717) is 17.9 Å². The summed E-state index contributed by atoms with van der Waals surface area (Å²) >= 11 is 13.4. The molecule has 2 aromatic rings. The van der Waals surface area contributed by atoms with Gasteiger partial charge in [0.15, 0.2) is 0 Å². The summed E-state index contributed by atoms with van der Waals surface area (Å²) in [6.07, 6.45) is 0. The van der Waals surface area contributed by atoms with E-state index in [0.717, 1.165) is 11.1 Å². The number of carboxylic acids is 1. The Bertz CT molecular complexity index is 754. The van der Waals surface area contributed by atoms with E-state index in [4.69, 9.17) is 0 Å². The van der Waals surface area contributed by atoms with Crippen molar-refractivity contribution in [1.29, 1.82) is 0 Å². The normalized spacial score (nSPS) is 11.6. The van der Waals surface area contributed by atoms with Crippen LogP contribution in [0.25, 0.3) is 0 Å². The van der Waals surface area contributed by atoms with Crippen molar-refractivity contribution in [3.05, 3.63) is 58.8 Å². The molecule has 0 fully saturated rings. The monoisotopic (exact) mass is 568 g/mol. The van der Waals surface area contributed by atoms with Gasteiger partial charge in [-0.3, -0.25) is 0 Å². The van der Waals surface area contributed by atoms with E-state index in [9.17, 15) is 15.0 Å². The molecule has 23 heavy (non-hydrogen) atoms.